The van der Waals surface area contributed by atoms with E-state index >= 15 is 0 Å². The Morgan fingerprint density at radius 2 is 2.33 bits per heavy atom. The molecular formula is C12H10BrClFNOS. The van der Waals surface area contributed by atoms with Crippen molar-refractivity contribution >= 4 is 38.9 Å². The monoisotopic (exact) mass is 349 g/mol. The van der Waals surface area contributed by atoms with Crippen molar-refractivity contribution < 1.29 is 9.13 Å². The van der Waals surface area contributed by atoms with E-state index in [4.69, 9.17) is 16.3 Å². The molecule has 0 spiro atoms. The Kier molecular flexibility index (Phi) is 4.59. The highest BCUT2D eigenvalue weighted by Crippen LogP contribution is 2.30. The van der Waals surface area contributed by atoms with E-state index in [0.29, 0.717) is 16.1 Å². The molecule has 96 valence electrons. The number of hydrogen-bond acceptors (Lipinski definition) is 3. The summed E-state index contributed by atoms with van der Waals surface area (Å²) in [6, 6.07) is 4.32. The van der Waals surface area contributed by atoms with Crippen LogP contribution in [-0.4, -0.2) is 4.98 Å². The molecule has 0 aliphatic heterocycles. The summed E-state index contributed by atoms with van der Waals surface area (Å²) < 4.78 is 19.3. The smallest absolute Gasteiger partial charge is 0.147 e. The van der Waals surface area contributed by atoms with Crippen molar-refractivity contribution in [2.75, 3.05) is 0 Å². The highest BCUT2D eigenvalue weighted by atomic mass is 79.9. The fraction of sp³-hybridized carbons (Fsp3) is 0.250. The van der Waals surface area contributed by atoms with Crippen LogP contribution in [0.5, 0.6) is 5.75 Å². The first-order chi connectivity index (χ1) is 8.60. The van der Waals surface area contributed by atoms with Crippen LogP contribution in [0.4, 0.5) is 4.39 Å². The number of rotatable bonds is 4. The number of nitrogens with zero attached hydrogens (tertiary/aromatic N) is 1. The molecule has 0 saturated heterocycles. The molecule has 0 aliphatic rings. The van der Waals surface area contributed by atoms with Crippen molar-refractivity contribution in [3.8, 4) is 5.75 Å². The number of ether oxygens (including phenoxy) is 1. The Morgan fingerprint density at radius 3 is 2.94 bits per heavy atom. The Morgan fingerprint density at radius 1 is 1.56 bits per heavy atom. The first-order valence-electron chi connectivity index (χ1n) is 5.22. The quantitative estimate of drug-likeness (QED) is 0.730. The number of thiazole rings is 1. The summed E-state index contributed by atoms with van der Waals surface area (Å²) in [4.78, 5) is 4.34. The number of alkyl halides is 1. The lowest BCUT2D eigenvalue weighted by molar-refractivity contribution is 0.224. The Bertz CT molecular complexity index is 549. The van der Waals surface area contributed by atoms with Gasteiger partial charge in [0.15, 0.2) is 0 Å². The van der Waals surface area contributed by atoms with Gasteiger partial charge in [-0.05, 0) is 41.1 Å². The molecule has 1 aromatic heterocycles. The van der Waals surface area contributed by atoms with Gasteiger partial charge in [0.2, 0.25) is 0 Å². The fourth-order valence-electron chi connectivity index (χ4n) is 1.38. The van der Waals surface area contributed by atoms with Crippen molar-refractivity contribution in [3.63, 3.8) is 0 Å². The SMILES string of the molecule is CC(Oc1ccc(F)cc1Br)c1nc(CCl)cs1. The van der Waals surface area contributed by atoms with Gasteiger partial charge < -0.3 is 4.74 Å². The maximum atomic E-state index is 12.9. The second-order valence-electron chi connectivity index (χ2n) is 3.65. The van der Waals surface area contributed by atoms with Crippen molar-refractivity contribution in [1.29, 1.82) is 0 Å². The normalized spacial score (nSPS) is 12.4. The predicted octanol–water partition coefficient (Wildman–Crippen LogP) is 4.92. The van der Waals surface area contributed by atoms with Gasteiger partial charge in [-0.25, -0.2) is 9.37 Å². The second kappa shape index (κ2) is 5.99. The lowest BCUT2D eigenvalue weighted by Gasteiger charge is -2.13. The molecule has 6 heteroatoms. The topological polar surface area (TPSA) is 22.1 Å². The van der Waals surface area contributed by atoms with Crippen LogP contribution in [0.2, 0.25) is 0 Å². The summed E-state index contributed by atoms with van der Waals surface area (Å²) in [5, 5.41) is 2.75. The summed E-state index contributed by atoms with van der Waals surface area (Å²) >= 11 is 10.5. The van der Waals surface area contributed by atoms with E-state index in [1.807, 2.05) is 12.3 Å². The van der Waals surface area contributed by atoms with Crippen molar-refractivity contribution in [1.82, 2.24) is 4.98 Å². The zero-order valence-corrected chi connectivity index (χ0v) is 12.6. The van der Waals surface area contributed by atoms with Gasteiger partial charge >= 0.3 is 0 Å². The summed E-state index contributed by atoms with van der Waals surface area (Å²) in [6.07, 6.45) is -0.200. The number of aromatic nitrogens is 1. The van der Waals surface area contributed by atoms with Crippen LogP contribution >= 0.6 is 38.9 Å². The summed E-state index contributed by atoms with van der Waals surface area (Å²) in [7, 11) is 0. The van der Waals surface area contributed by atoms with E-state index in [1.54, 1.807) is 6.07 Å². The largest absolute Gasteiger partial charge is 0.482 e. The molecule has 2 nitrogen and oxygen atoms in total. The van der Waals surface area contributed by atoms with Crippen LogP contribution in [0.3, 0.4) is 0 Å². The molecule has 0 N–H and O–H groups in total. The maximum Gasteiger partial charge on any atom is 0.147 e. The third-order valence-electron chi connectivity index (χ3n) is 2.25. The summed E-state index contributed by atoms with van der Waals surface area (Å²) in [5.41, 5.74) is 0.838. The lowest BCUT2D eigenvalue weighted by atomic mass is 10.3. The molecule has 0 bridgehead atoms. The van der Waals surface area contributed by atoms with E-state index in [-0.39, 0.29) is 11.9 Å². The van der Waals surface area contributed by atoms with Crippen LogP contribution in [0, 0.1) is 5.82 Å². The van der Waals surface area contributed by atoms with Crippen molar-refractivity contribution in [2.24, 2.45) is 0 Å². The molecule has 1 atom stereocenters. The zero-order chi connectivity index (χ0) is 13.1. The standard InChI is InChI=1S/C12H10BrClFNOS/c1-7(12-16-9(5-14)6-18-12)17-11-3-2-8(15)4-10(11)13/h2-4,6-7H,5H2,1H3. The fourth-order valence-corrected chi connectivity index (χ4v) is 2.86. The van der Waals surface area contributed by atoms with E-state index in [1.165, 1.54) is 23.5 Å². The molecule has 0 saturated carbocycles. The summed E-state index contributed by atoms with van der Waals surface area (Å²) in [5.74, 6) is 0.677. The Labute approximate surface area is 122 Å². The van der Waals surface area contributed by atoms with Gasteiger partial charge in [-0.15, -0.1) is 22.9 Å². The van der Waals surface area contributed by atoms with Crippen LogP contribution in [-0.2, 0) is 5.88 Å². The van der Waals surface area contributed by atoms with Crippen LogP contribution in [0.15, 0.2) is 28.1 Å². The van der Waals surface area contributed by atoms with Crippen molar-refractivity contribution in [2.45, 2.75) is 18.9 Å². The predicted molar refractivity (Wildman–Crippen MR) is 74.8 cm³/mol. The third-order valence-corrected chi connectivity index (χ3v) is 4.20. The highest BCUT2D eigenvalue weighted by Gasteiger charge is 2.13. The van der Waals surface area contributed by atoms with Crippen LogP contribution in [0.25, 0.3) is 0 Å². The molecule has 0 amide bonds. The van der Waals surface area contributed by atoms with Gasteiger partial charge in [0, 0.05) is 5.38 Å². The average molecular weight is 351 g/mol. The third kappa shape index (κ3) is 3.22. The highest BCUT2D eigenvalue weighted by molar-refractivity contribution is 9.10. The Balaban J connectivity index is 2.13. The van der Waals surface area contributed by atoms with Gasteiger partial charge in [-0.3, -0.25) is 0 Å². The number of hydrogen-bond donors (Lipinski definition) is 0. The van der Waals surface area contributed by atoms with Gasteiger partial charge in [0.1, 0.15) is 22.7 Å². The maximum absolute atomic E-state index is 12.9. The van der Waals surface area contributed by atoms with Crippen molar-refractivity contribution in [3.05, 3.63) is 44.6 Å². The summed E-state index contributed by atoms with van der Waals surface area (Å²) in [6.45, 7) is 1.90. The first kappa shape index (κ1) is 13.8. The minimum Gasteiger partial charge on any atom is -0.482 e. The second-order valence-corrected chi connectivity index (χ2v) is 5.66. The molecule has 1 aromatic carbocycles. The molecule has 2 rings (SSSR count). The molecule has 0 aliphatic carbocycles. The molecular weight excluding hydrogens is 341 g/mol. The molecule has 0 fully saturated rings. The average Bonchev–Trinajstić information content (AvgIpc) is 2.81. The minimum atomic E-state index is -0.305. The van der Waals surface area contributed by atoms with Gasteiger partial charge in [0.25, 0.3) is 0 Å². The van der Waals surface area contributed by atoms with Gasteiger partial charge in [-0.2, -0.15) is 0 Å². The van der Waals surface area contributed by atoms with E-state index in [9.17, 15) is 4.39 Å². The Hall–Kier alpha value is -0.650. The molecule has 0 radical (unpaired) electrons. The number of benzene rings is 1. The number of halogens is 3. The lowest BCUT2D eigenvalue weighted by Crippen LogP contribution is -2.03. The van der Waals surface area contributed by atoms with Gasteiger partial charge in [0.05, 0.1) is 16.0 Å². The first-order valence-corrected chi connectivity index (χ1v) is 7.43. The van der Waals surface area contributed by atoms with Crippen LogP contribution < -0.4 is 4.74 Å². The molecule has 18 heavy (non-hydrogen) atoms. The van der Waals surface area contributed by atoms with Gasteiger partial charge in [-0.1, -0.05) is 0 Å². The van der Waals surface area contributed by atoms with Crippen LogP contribution in [0.1, 0.15) is 23.7 Å². The van der Waals surface area contributed by atoms with E-state index in [2.05, 4.69) is 20.9 Å². The molecule has 1 heterocycles. The van der Waals surface area contributed by atoms with E-state index in [0.717, 1.165) is 10.7 Å². The molecule has 2 aromatic rings. The molecule has 1 unspecified atom stereocenters. The van der Waals surface area contributed by atoms with E-state index < -0.39 is 0 Å². The zero-order valence-electron chi connectivity index (χ0n) is 9.49. The minimum absolute atomic E-state index is 0.200.